The first-order valence-electron chi connectivity index (χ1n) is 12.1. The Balaban J connectivity index is 1.70. The molecule has 3 fully saturated rings. The maximum absolute atomic E-state index is 14.1. The van der Waals surface area contributed by atoms with E-state index in [2.05, 4.69) is 32.6 Å². The minimum absolute atomic E-state index is 0.181. The van der Waals surface area contributed by atoms with Gasteiger partial charge in [0, 0.05) is 6.42 Å². The predicted octanol–water partition coefficient (Wildman–Crippen LogP) is 6.68. The number of rotatable bonds is 6. The number of aliphatic hydroxyl groups is 2. The Morgan fingerprint density at radius 3 is 2.73 bits per heavy atom. The highest BCUT2D eigenvalue weighted by Gasteiger charge is 2.50. The van der Waals surface area contributed by atoms with E-state index in [4.69, 9.17) is 0 Å². The third kappa shape index (κ3) is 5.27. The molecule has 2 unspecified atom stereocenters. The summed E-state index contributed by atoms with van der Waals surface area (Å²) < 4.78 is 14.1. The summed E-state index contributed by atoms with van der Waals surface area (Å²) in [5.74, 6) is 2.04. The molecule has 2 N–H and O–H groups in total. The van der Waals surface area contributed by atoms with E-state index in [0.717, 1.165) is 30.8 Å². The number of halogens is 1. The third-order valence-electron chi connectivity index (χ3n) is 8.40. The fourth-order valence-corrected chi connectivity index (χ4v) is 6.71. The zero-order valence-corrected chi connectivity index (χ0v) is 19.6. The van der Waals surface area contributed by atoms with Gasteiger partial charge in [-0.15, -0.1) is 0 Å². The van der Waals surface area contributed by atoms with Crippen LogP contribution in [0.4, 0.5) is 4.39 Å². The van der Waals surface area contributed by atoms with Crippen LogP contribution < -0.4 is 0 Å². The minimum Gasteiger partial charge on any atom is -0.393 e. The highest BCUT2D eigenvalue weighted by molar-refractivity contribution is 5.38. The monoisotopic (exact) mass is 418 g/mol. The van der Waals surface area contributed by atoms with Gasteiger partial charge in [0.2, 0.25) is 0 Å². The summed E-state index contributed by atoms with van der Waals surface area (Å²) in [4.78, 5) is 0. The van der Waals surface area contributed by atoms with Crippen molar-refractivity contribution in [1.82, 2.24) is 0 Å². The molecule has 0 aromatic rings. The van der Waals surface area contributed by atoms with Crippen molar-refractivity contribution in [2.75, 3.05) is 0 Å². The molecule has 3 heteroatoms. The van der Waals surface area contributed by atoms with Gasteiger partial charge in [0.15, 0.2) is 0 Å². The first-order valence-corrected chi connectivity index (χ1v) is 12.1. The summed E-state index contributed by atoms with van der Waals surface area (Å²) in [6.07, 6.45) is 12.6. The largest absolute Gasteiger partial charge is 0.393 e. The molecule has 0 bridgehead atoms. The van der Waals surface area contributed by atoms with Crippen molar-refractivity contribution in [3.8, 4) is 0 Å². The fourth-order valence-electron chi connectivity index (χ4n) is 6.71. The molecule has 0 saturated heterocycles. The third-order valence-corrected chi connectivity index (χ3v) is 8.40. The van der Waals surface area contributed by atoms with Gasteiger partial charge in [0.05, 0.1) is 11.7 Å². The maximum atomic E-state index is 14.1. The molecule has 0 aromatic carbocycles. The summed E-state index contributed by atoms with van der Waals surface area (Å²) in [5.41, 5.74) is 2.75. The van der Waals surface area contributed by atoms with E-state index in [9.17, 15) is 14.6 Å². The molecule has 170 valence electrons. The van der Waals surface area contributed by atoms with E-state index in [1.807, 2.05) is 13.8 Å². The molecule has 0 radical (unpaired) electrons. The van der Waals surface area contributed by atoms with Gasteiger partial charge in [0.25, 0.3) is 0 Å². The van der Waals surface area contributed by atoms with Crippen molar-refractivity contribution >= 4 is 0 Å². The molecule has 0 aromatic heterocycles. The molecule has 0 spiro atoms. The van der Waals surface area contributed by atoms with Crippen LogP contribution in [-0.4, -0.2) is 28.1 Å². The smallest absolute Gasteiger partial charge is 0.127 e. The van der Waals surface area contributed by atoms with Crippen LogP contribution in [0.3, 0.4) is 0 Å². The minimum atomic E-state index is -1.12. The van der Waals surface area contributed by atoms with Crippen LogP contribution in [0.5, 0.6) is 0 Å². The highest BCUT2D eigenvalue weighted by atomic mass is 19.1. The Bertz CT molecular complexity index is 685. The molecule has 0 amide bonds. The van der Waals surface area contributed by atoms with Crippen LogP contribution in [0.2, 0.25) is 0 Å². The van der Waals surface area contributed by atoms with Gasteiger partial charge >= 0.3 is 0 Å². The zero-order valence-electron chi connectivity index (χ0n) is 19.6. The number of alkyl halides is 1. The number of allylic oxidation sites excluding steroid dienone is 4. The number of hydrogen-bond donors (Lipinski definition) is 2. The molecule has 30 heavy (non-hydrogen) atoms. The molecule has 3 rings (SSSR count). The van der Waals surface area contributed by atoms with Crippen LogP contribution in [0.25, 0.3) is 0 Å². The second-order valence-corrected chi connectivity index (χ2v) is 11.3. The van der Waals surface area contributed by atoms with Gasteiger partial charge in [-0.3, -0.25) is 0 Å². The molecule has 3 aliphatic carbocycles. The standard InChI is InChI=1S/C27H43FO2/c1-18(8-6-14-26(3,4)30)23-12-13-24-20(9-7-15-27(23,24)5)10-11-21-16-22(29)17-25(28)19(21)2/h10-11,18,22-25,29-30H,2,6-9,12-17H2,1,3-5H3/b20-10+,21-11-/t18-,22?,23+,24?,25-,27+/m0/s1. The van der Waals surface area contributed by atoms with Crippen LogP contribution >= 0.6 is 0 Å². The summed E-state index contributed by atoms with van der Waals surface area (Å²) in [7, 11) is 0. The Morgan fingerprint density at radius 2 is 2.03 bits per heavy atom. The first-order chi connectivity index (χ1) is 14.0. The second-order valence-electron chi connectivity index (χ2n) is 11.3. The second kappa shape index (κ2) is 9.28. The van der Waals surface area contributed by atoms with E-state index >= 15 is 0 Å². The summed E-state index contributed by atoms with van der Waals surface area (Å²) in [5, 5.41) is 20.0. The van der Waals surface area contributed by atoms with Gasteiger partial charge in [-0.05, 0) is 93.1 Å². The maximum Gasteiger partial charge on any atom is 0.127 e. The predicted molar refractivity (Wildman–Crippen MR) is 123 cm³/mol. The topological polar surface area (TPSA) is 40.5 Å². The normalized spacial score (nSPS) is 38.8. The van der Waals surface area contributed by atoms with Crippen LogP contribution in [0, 0.1) is 23.2 Å². The SMILES string of the molecule is C=C1/C(=C\C=C2/CCC[C@@]3(C)C2CC[C@@H]3[C@@H](C)CCCC(C)(C)O)CC(O)C[C@@H]1F. The fraction of sp³-hybridized carbons (Fsp3) is 0.778. The van der Waals surface area contributed by atoms with Crippen molar-refractivity contribution in [3.05, 3.63) is 35.5 Å². The lowest BCUT2D eigenvalue weighted by Gasteiger charge is -2.44. The van der Waals surface area contributed by atoms with Crippen LogP contribution in [0.15, 0.2) is 35.5 Å². The van der Waals surface area contributed by atoms with E-state index in [1.165, 1.54) is 37.7 Å². The van der Waals surface area contributed by atoms with Gasteiger partial charge in [-0.2, -0.15) is 0 Å². The number of hydrogen-bond acceptors (Lipinski definition) is 2. The van der Waals surface area contributed by atoms with E-state index in [-0.39, 0.29) is 6.42 Å². The molecule has 2 nitrogen and oxygen atoms in total. The Kier molecular flexibility index (Phi) is 7.34. The lowest BCUT2D eigenvalue weighted by molar-refractivity contribution is 0.0596. The van der Waals surface area contributed by atoms with Crippen LogP contribution in [0.1, 0.15) is 91.9 Å². The Morgan fingerprint density at radius 1 is 1.30 bits per heavy atom. The van der Waals surface area contributed by atoms with Gasteiger partial charge in [-0.25, -0.2) is 4.39 Å². The molecule has 3 aliphatic rings. The highest BCUT2D eigenvalue weighted by Crippen LogP contribution is 2.60. The quantitative estimate of drug-likeness (QED) is 0.505. The average molecular weight is 419 g/mol. The van der Waals surface area contributed by atoms with Crippen molar-refractivity contribution in [2.45, 2.75) is 110 Å². The molecular formula is C27H43FO2. The number of fused-ring (bicyclic) bond motifs is 1. The molecule has 0 aliphatic heterocycles. The van der Waals surface area contributed by atoms with Crippen molar-refractivity contribution in [1.29, 1.82) is 0 Å². The summed E-state index contributed by atoms with van der Waals surface area (Å²) in [6.45, 7) is 12.7. The van der Waals surface area contributed by atoms with E-state index in [0.29, 0.717) is 29.2 Å². The zero-order chi connectivity index (χ0) is 22.1. The van der Waals surface area contributed by atoms with Crippen LogP contribution in [-0.2, 0) is 0 Å². The lowest BCUT2D eigenvalue weighted by Crippen LogP contribution is -2.36. The Labute approximate surface area is 183 Å². The summed E-state index contributed by atoms with van der Waals surface area (Å²) >= 11 is 0. The van der Waals surface area contributed by atoms with Gasteiger partial charge in [0.1, 0.15) is 6.17 Å². The van der Waals surface area contributed by atoms with Crippen molar-refractivity contribution in [2.24, 2.45) is 23.2 Å². The number of aliphatic hydroxyl groups excluding tert-OH is 1. The summed E-state index contributed by atoms with van der Waals surface area (Å²) in [6, 6.07) is 0. The molecular weight excluding hydrogens is 375 g/mol. The van der Waals surface area contributed by atoms with Crippen molar-refractivity contribution < 1.29 is 14.6 Å². The molecule has 6 atom stereocenters. The van der Waals surface area contributed by atoms with E-state index in [1.54, 1.807) is 0 Å². The van der Waals surface area contributed by atoms with Gasteiger partial charge < -0.3 is 10.2 Å². The molecule has 0 heterocycles. The lowest BCUT2D eigenvalue weighted by atomic mass is 9.60. The van der Waals surface area contributed by atoms with Gasteiger partial charge in [-0.1, -0.05) is 51.0 Å². The average Bonchev–Trinajstić information content (AvgIpc) is 3.00. The van der Waals surface area contributed by atoms with E-state index < -0.39 is 17.9 Å². The first kappa shape index (κ1) is 23.7. The molecule has 3 saturated carbocycles. The van der Waals surface area contributed by atoms with Crippen molar-refractivity contribution in [3.63, 3.8) is 0 Å². The Hall–Kier alpha value is -0.930.